The summed E-state index contributed by atoms with van der Waals surface area (Å²) >= 11 is 0. The number of methoxy groups -OCH3 is 1. The summed E-state index contributed by atoms with van der Waals surface area (Å²) in [6.45, 7) is 3.84. The number of benzene rings is 1. The molecule has 5 nitrogen and oxygen atoms in total. The highest BCUT2D eigenvalue weighted by Gasteiger charge is 2.34. The second kappa shape index (κ2) is 7.40. The second-order valence-corrected chi connectivity index (χ2v) is 6.25. The molecule has 0 saturated heterocycles. The Balaban J connectivity index is 2.18. The number of ketones is 1. The molecule has 1 aromatic rings. The van der Waals surface area contributed by atoms with Crippen molar-refractivity contribution in [2.24, 2.45) is 5.92 Å². The number of ether oxygens (including phenoxy) is 1. The molecule has 1 aromatic carbocycles. The minimum atomic E-state index is -0.780. The second-order valence-electron chi connectivity index (χ2n) is 6.25. The molecular weight excluding hydrogens is 294 g/mol. The van der Waals surface area contributed by atoms with E-state index in [1.54, 1.807) is 12.1 Å². The summed E-state index contributed by atoms with van der Waals surface area (Å²) in [6.07, 6.45) is 2.34. The molecule has 0 radical (unpaired) electrons. The molecule has 2 atom stereocenters. The normalized spacial score (nSPS) is 19.1. The molecule has 0 unspecified atom stereocenters. The van der Waals surface area contributed by atoms with Crippen LogP contribution in [0.3, 0.4) is 0 Å². The summed E-state index contributed by atoms with van der Waals surface area (Å²) in [5.41, 5.74) is 2.48. The van der Waals surface area contributed by atoms with E-state index in [2.05, 4.69) is 5.32 Å². The van der Waals surface area contributed by atoms with Crippen LogP contribution in [0.1, 0.15) is 47.2 Å². The highest BCUT2D eigenvalue weighted by atomic mass is 16.5. The summed E-state index contributed by atoms with van der Waals surface area (Å²) in [4.78, 5) is 36.2. The third-order valence-electron chi connectivity index (χ3n) is 4.22. The lowest BCUT2D eigenvalue weighted by atomic mass is 9.83. The Morgan fingerprint density at radius 2 is 1.87 bits per heavy atom. The van der Waals surface area contributed by atoms with Crippen LogP contribution in [0, 0.1) is 19.8 Å². The molecule has 23 heavy (non-hydrogen) atoms. The molecule has 1 fully saturated rings. The van der Waals surface area contributed by atoms with Gasteiger partial charge in [0.1, 0.15) is 11.8 Å². The maximum absolute atomic E-state index is 12.5. The minimum absolute atomic E-state index is 0.135. The zero-order chi connectivity index (χ0) is 17.0. The van der Waals surface area contributed by atoms with Crippen molar-refractivity contribution >= 4 is 17.7 Å². The monoisotopic (exact) mass is 317 g/mol. The van der Waals surface area contributed by atoms with Crippen LogP contribution in [0.4, 0.5) is 0 Å². The third-order valence-corrected chi connectivity index (χ3v) is 4.22. The number of amides is 1. The SMILES string of the molecule is COC(=O)[C@@H](NC(=O)c1cc(C)cc(C)c1)[C@@H]1CCCC(=O)C1. The Hall–Kier alpha value is -2.17. The van der Waals surface area contributed by atoms with Gasteiger partial charge in [-0.2, -0.15) is 0 Å². The van der Waals surface area contributed by atoms with E-state index < -0.39 is 12.0 Å². The Morgan fingerprint density at radius 3 is 2.43 bits per heavy atom. The van der Waals surface area contributed by atoms with Gasteiger partial charge in [-0.15, -0.1) is 0 Å². The summed E-state index contributed by atoms with van der Waals surface area (Å²) in [5.74, 6) is -0.873. The number of rotatable bonds is 4. The van der Waals surface area contributed by atoms with Gasteiger partial charge in [-0.1, -0.05) is 17.2 Å². The summed E-state index contributed by atoms with van der Waals surface area (Å²) < 4.78 is 4.82. The lowest BCUT2D eigenvalue weighted by molar-refractivity contribution is -0.145. The first kappa shape index (κ1) is 17.2. The zero-order valence-corrected chi connectivity index (χ0v) is 13.8. The number of nitrogens with one attached hydrogen (secondary N) is 1. The van der Waals surface area contributed by atoms with E-state index in [1.807, 2.05) is 19.9 Å². The van der Waals surface area contributed by atoms with Gasteiger partial charge in [0.2, 0.25) is 0 Å². The Labute approximate surface area is 136 Å². The molecule has 1 amide bonds. The van der Waals surface area contributed by atoms with E-state index in [9.17, 15) is 14.4 Å². The van der Waals surface area contributed by atoms with Gasteiger partial charge in [-0.3, -0.25) is 9.59 Å². The highest BCUT2D eigenvalue weighted by Crippen LogP contribution is 2.25. The van der Waals surface area contributed by atoms with Gasteiger partial charge in [0.25, 0.3) is 5.91 Å². The maximum atomic E-state index is 12.5. The van der Waals surface area contributed by atoms with Gasteiger partial charge in [-0.25, -0.2) is 4.79 Å². The number of aryl methyl sites for hydroxylation is 2. The molecule has 5 heteroatoms. The Morgan fingerprint density at radius 1 is 1.22 bits per heavy atom. The standard InChI is InChI=1S/C18H23NO4/c1-11-7-12(2)9-14(8-11)17(21)19-16(18(22)23-3)13-5-4-6-15(20)10-13/h7-9,13,16H,4-6,10H2,1-3H3,(H,19,21)/t13-,16+/m1/s1. The fourth-order valence-electron chi connectivity index (χ4n) is 3.17. The number of carbonyl (C=O) groups is 3. The van der Waals surface area contributed by atoms with Crippen LogP contribution < -0.4 is 5.32 Å². The summed E-state index contributed by atoms with van der Waals surface area (Å²) in [7, 11) is 1.29. The molecule has 1 N–H and O–H groups in total. The quantitative estimate of drug-likeness (QED) is 0.865. The van der Waals surface area contributed by atoms with Crippen LogP contribution in [-0.4, -0.2) is 30.8 Å². The van der Waals surface area contributed by atoms with Gasteiger partial charge in [-0.05, 0) is 44.7 Å². The molecule has 0 aliphatic heterocycles. The van der Waals surface area contributed by atoms with Crippen molar-refractivity contribution < 1.29 is 19.1 Å². The van der Waals surface area contributed by atoms with E-state index >= 15 is 0 Å². The minimum Gasteiger partial charge on any atom is -0.467 e. The first-order valence-corrected chi connectivity index (χ1v) is 7.89. The summed E-state index contributed by atoms with van der Waals surface area (Å²) in [5, 5.41) is 2.76. The maximum Gasteiger partial charge on any atom is 0.328 e. The van der Waals surface area contributed by atoms with Crippen LogP contribution in [0.25, 0.3) is 0 Å². The van der Waals surface area contributed by atoms with Crippen molar-refractivity contribution in [2.75, 3.05) is 7.11 Å². The number of hydrogen-bond acceptors (Lipinski definition) is 4. The average Bonchev–Trinajstić information content (AvgIpc) is 2.50. The average molecular weight is 317 g/mol. The molecule has 0 heterocycles. The third kappa shape index (κ3) is 4.41. The first-order chi connectivity index (χ1) is 10.9. The molecule has 2 rings (SSSR count). The van der Waals surface area contributed by atoms with Crippen LogP contribution in [-0.2, 0) is 14.3 Å². The Bertz CT molecular complexity index is 603. The van der Waals surface area contributed by atoms with Crippen molar-refractivity contribution in [3.63, 3.8) is 0 Å². The lowest BCUT2D eigenvalue weighted by Crippen LogP contribution is -2.48. The molecule has 1 saturated carbocycles. The largest absolute Gasteiger partial charge is 0.467 e. The van der Waals surface area contributed by atoms with Gasteiger partial charge in [0.05, 0.1) is 7.11 Å². The van der Waals surface area contributed by atoms with E-state index in [-0.39, 0.29) is 17.6 Å². The number of esters is 1. The van der Waals surface area contributed by atoms with Gasteiger partial charge in [0.15, 0.2) is 0 Å². The van der Waals surface area contributed by atoms with E-state index in [1.165, 1.54) is 7.11 Å². The molecule has 0 aromatic heterocycles. The highest BCUT2D eigenvalue weighted by molar-refractivity contribution is 5.97. The van der Waals surface area contributed by atoms with Crippen molar-refractivity contribution in [1.29, 1.82) is 0 Å². The van der Waals surface area contributed by atoms with E-state index in [0.29, 0.717) is 18.4 Å². The topological polar surface area (TPSA) is 72.5 Å². The Kier molecular flexibility index (Phi) is 5.53. The van der Waals surface area contributed by atoms with Crippen LogP contribution in [0.5, 0.6) is 0 Å². The molecule has 0 spiro atoms. The first-order valence-electron chi connectivity index (χ1n) is 7.89. The molecule has 124 valence electrons. The van der Waals surface area contributed by atoms with E-state index in [0.717, 1.165) is 24.0 Å². The van der Waals surface area contributed by atoms with Crippen LogP contribution in [0.15, 0.2) is 18.2 Å². The fraction of sp³-hybridized carbons (Fsp3) is 0.500. The lowest BCUT2D eigenvalue weighted by Gasteiger charge is -2.28. The number of hydrogen-bond donors (Lipinski definition) is 1. The number of Topliss-reactive ketones (excluding diaryl/α,β-unsaturated/α-hetero) is 1. The predicted octanol–water partition coefficient (Wildman–Crippen LogP) is 2.33. The predicted molar refractivity (Wildman–Crippen MR) is 86.2 cm³/mol. The van der Waals surface area contributed by atoms with Gasteiger partial charge in [0, 0.05) is 18.4 Å². The summed E-state index contributed by atoms with van der Waals surface area (Å²) in [6, 6.07) is 4.76. The van der Waals surface area contributed by atoms with Gasteiger partial charge >= 0.3 is 5.97 Å². The van der Waals surface area contributed by atoms with Crippen LogP contribution >= 0.6 is 0 Å². The molecular formula is C18H23NO4. The smallest absolute Gasteiger partial charge is 0.328 e. The van der Waals surface area contributed by atoms with E-state index in [4.69, 9.17) is 4.74 Å². The van der Waals surface area contributed by atoms with Crippen molar-refractivity contribution in [3.8, 4) is 0 Å². The molecule has 1 aliphatic carbocycles. The fourth-order valence-corrected chi connectivity index (χ4v) is 3.17. The van der Waals surface area contributed by atoms with Crippen molar-refractivity contribution in [3.05, 3.63) is 34.9 Å². The van der Waals surface area contributed by atoms with Crippen molar-refractivity contribution in [1.82, 2.24) is 5.32 Å². The van der Waals surface area contributed by atoms with Gasteiger partial charge < -0.3 is 10.1 Å². The molecule has 1 aliphatic rings. The van der Waals surface area contributed by atoms with Crippen molar-refractivity contribution in [2.45, 2.75) is 45.6 Å². The number of carbonyl (C=O) groups excluding carboxylic acids is 3. The zero-order valence-electron chi connectivity index (χ0n) is 13.8. The molecule has 0 bridgehead atoms. The van der Waals surface area contributed by atoms with Crippen LogP contribution in [0.2, 0.25) is 0 Å².